The van der Waals surface area contributed by atoms with Crippen molar-refractivity contribution in [1.82, 2.24) is 4.90 Å². The third-order valence-corrected chi connectivity index (χ3v) is 4.62. The van der Waals surface area contributed by atoms with Gasteiger partial charge < -0.3 is 14.7 Å². The molecule has 1 atom stereocenters. The maximum Gasteiger partial charge on any atom is 0.306 e. The fourth-order valence-electron chi connectivity index (χ4n) is 3.44. The highest BCUT2D eigenvalue weighted by atomic mass is 16.5. The van der Waals surface area contributed by atoms with Crippen molar-refractivity contribution in [2.75, 3.05) is 19.7 Å². The second-order valence-corrected chi connectivity index (χ2v) is 6.33. The number of hydrogen-bond donors (Lipinski definition) is 1. The first-order valence-corrected chi connectivity index (χ1v) is 8.26. The van der Waals surface area contributed by atoms with Crippen molar-refractivity contribution in [2.24, 2.45) is 5.92 Å². The molecule has 1 unspecified atom stereocenters. The number of carbonyl (C=O) groups is 2. The number of ether oxygens (including phenoxy) is 1. The molecule has 1 aliphatic heterocycles. The molecule has 1 saturated carbocycles. The number of hydrogen-bond acceptors (Lipinski definition) is 3. The minimum Gasteiger partial charge on any atom is -0.481 e. The first kappa shape index (κ1) is 16.3. The number of aliphatic carboxylic acids is 1. The number of nitrogens with zero attached hydrogens (tertiary/aromatic N) is 1. The molecule has 2 aliphatic rings. The molecule has 1 aliphatic carbocycles. The Bertz CT molecular complexity index is 352. The molecule has 1 amide bonds. The highest BCUT2D eigenvalue weighted by Crippen LogP contribution is 2.27. The molecule has 0 aromatic heterocycles. The molecule has 0 bridgehead atoms. The van der Waals surface area contributed by atoms with E-state index in [1.165, 1.54) is 32.1 Å². The van der Waals surface area contributed by atoms with E-state index in [0.717, 1.165) is 18.8 Å². The molecule has 0 aromatic carbocycles. The van der Waals surface area contributed by atoms with Gasteiger partial charge in [-0.15, -0.1) is 0 Å². The summed E-state index contributed by atoms with van der Waals surface area (Å²) in [5, 5.41) is 8.79. The Kier molecular flexibility index (Phi) is 6.49. The Morgan fingerprint density at radius 3 is 2.67 bits per heavy atom. The highest BCUT2D eigenvalue weighted by molar-refractivity contribution is 5.76. The zero-order chi connectivity index (χ0) is 15.1. The van der Waals surface area contributed by atoms with Gasteiger partial charge in [0, 0.05) is 19.5 Å². The van der Waals surface area contributed by atoms with E-state index in [0.29, 0.717) is 26.1 Å². The minimum absolute atomic E-state index is 0.0220. The van der Waals surface area contributed by atoms with Gasteiger partial charge in [-0.2, -0.15) is 0 Å². The summed E-state index contributed by atoms with van der Waals surface area (Å²) in [6, 6.07) is 0. The second kappa shape index (κ2) is 8.37. The Hall–Kier alpha value is -1.10. The van der Waals surface area contributed by atoms with Crippen LogP contribution in [0.5, 0.6) is 0 Å². The van der Waals surface area contributed by atoms with Crippen LogP contribution in [0.4, 0.5) is 0 Å². The van der Waals surface area contributed by atoms with E-state index in [1.807, 2.05) is 0 Å². The lowest BCUT2D eigenvalue weighted by atomic mass is 9.86. The summed E-state index contributed by atoms with van der Waals surface area (Å²) in [7, 11) is 0. The monoisotopic (exact) mass is 297 g/mol. The molecule has 5 heteroatoms. The maximum atomic E-state index is 12.2. The second-order valence-electron chi connectivity index (χ2n) is 6.33. The molecule has 21 heavy (non-hydrogen) atoms. The summed E-state index contributed by atoms with van der Waals surface area (Å²) in [4.78, 5) is 24.7. The normalized spacial score (nSPS) is 24.0. The van der Waals surface area contributed by atoms with E-state index < -0.39 is 5.97 Å². The first-order chi connectivity index (χ1) is 10.1. The predicted octanol–water partition coefficient (Wildman–Crippen LogP) is 2.44. The molecule has 120 valence electrons. The van der Waals surface area contributed by atoms with E-state index in [9.17, 15) is 9.59 Å². The van der Waals surface area contributed by atoms with Gasteiger partial charge in [0.2, 0.25) is 5.91 Å². The van der Waals surface area contributed by atoms with E-state index in [1.54, 1.807) is 4.90 Å². The quantitative estimate of drug-likeness (QED) is 0.817. The average molecular weight is 297 g/mol. The molecule has 2 rings (SSSR count). The zero-order valence-electron chi connectivity index (χ0n) is 12.8. The van der Waals surface area contributed by atoms with E-state index in [-0.39, 0.29) is 18.4 Å². The predicted molar refractivity (Wildman–Crippen MR) is 79.0 cm³/mol. The lowest BCUT2D eigenvalue weighted by Gasteiger charge is -2.32. The fraction of sp³-hybridized carbons (Fsp3) is 0.875. The van der Waals surface area contributed by atoms with E-state index in [4.69, 9.17) is 9.84 Å². The van der Waals surface area contributed by atoms with Gasteiger partial charge >= 0.3 is 5.97 Å². The Labute approximate surface area is 126 Å². The third-order valence-electron chi connectivity index (χ3n) is 4.62. The van der Waals surface area contributed by atoms with Gasteiger partial charge in [-0.05, 0) is 18.8 Å². The summed E-state index contributed by atoms with van der Waals surface area (Å²) in [6.45, 7) is 1.47. The SMILES string of the molecule is O=C(O)CC1CN(C(=O)CCCC2CCCCC2)CCO1. The van der Waals surface area contributed by atoms with Crippen LogP contribution in [0, 0.1) is 5.92 Å². The number of rotatable bonds is 6. The third kappa shape index (κ3) is 5.65. The van der Waals surface area contributed by atoms with Crippen molar-refractivity contribution >= 4 is 11.9 Å². The van der Waals surface area contributed by atoms with Gasteiger partial charge in [0.15, 0.2) is 0 Å². The highest BCUT2D eigenvalue weighted by Gasteiger charge is 2.25. The van der Waals surface area contributed by atoms with E-state index >= 15 is 0 Å². The van der Waals surface area contributed by atoms with Gasteiger partial charge in [-0.25, -0.2) is 0 Å². The fourth-order valence-corrected chi connectivity index (χ4v) is 3.44. The van der Waals surface area contributed by atoms with Crippen LogP contribution >= 0.6 is 0 Å². The Balaban J connectivity index is 1.66. The van der Waals surface area contributed by atoms with Crippen LogP contribution in [-0.4, -0.2) is 47.7 Å². The summed E-state index contributed by atoms with van der Waals surface area (Å²) in [5.74, 6) is 0.104. The number of carboxylic acids is 1. The largest absolute Gasteiger partial charge is 0.481 e. The summed E-state index contributed by atoms with van der Waals surface area (Å²) < 4.78 is 5.39. The molecule has 0 aromatic rings. The van der Waals surface area contributed by atoms with Crippen LogP contribution < -0.4 is 0 Å². The van der Waals surface area contributed by atoms with Crippen LogP contribution in [0.25, 0.3) is 0 Å². The molecule has 0 radical (unpaired) electrons. The van der Waals surface area contributed by atoms with Crippen molar-refractivity contribution in [3.05, 3.63) is 0 Å². The van der Waals surface area contributed by atoms with Crippen molar-refractivity contribution in [3.63, 3.8) is 0 Å². The van der Waals surface area contributed by atoms with Gasteiger partial charge in [0.25, 0.3) is 0 Å². The molecule has 2 fully saturated rings. The Morgan fingerprint density at radius 1 is 1.19 bits per heavy atom. The number of morpholine rings is 1. The van der Waals surface area contributed by atoms with Crippen LogP contribution in [0.1, 0.15) is 57.8 Å². The van der Waals surface area contributed by atoms with Gasteiger partial charge in [-0.1, -0.05) is 32.1 Å². The lowest BCUT2D eigenvalue weighted by Crippen LogP contribution is -2.46. The van der Waals surface area contributed by atoms with E-state index in [2.05, 4.69) is 0 Å². The molecule has 1 N–H and O–H groups in total. The average Bonchev–Trinajstić information content (AvgIpc) is 2.48. The van der Waals surface area contributed by atoms with Crippen molar-refractivity contribution in [3.8, 4) is 0 Å². The molecule has 1 heterocycles. The molecule has 5 nitrogen and oxygen atoms in total. The smallest absolute Gasteiger partial charge is 0.306 e. The first-order valence-electron chi connectivity index (χ1n) is 8.26. The molecular formula is C16H27NO4. The molecule has 0 spiro atoms. The van der Waals surface area contributed by atoms with Crippen LogP contribution in [0.2, 0.25) is 0 Å². The Morgan fingerprint density at radius 2 is 1.95 bits per heavy atom. The van der Waals surface area contributed by atoms with Crippen molar-refractivity contribution < 1.29 is 19.4 Å². The van der Waals surface area contributed by atoms with Gasteiger partial charge in [0.1, 0.15) is 0 Å². The van der Waals surface area contributed by atoms with Crippen LogP contribution in [-0.2, 0) is 14.3 Å². The number of carbonyl (C=O) groups excluding carboxylic acids is 1. The molecular weight excluding hydrogens is 270 g/mol. The van der Waals surface area contributed by atoms with Crippen LogP contribution in [0.3, 0.4) is 0 Å². The van der Waals surface area contributed by atoms with Crippen molar-refractivity contribution in [1.29, 1.82) is 0 Å². The number of carboxylic acid groups (broad SMARTS) is 1. The zero-order valence-corrected chi connectivity index (χ0v) is 12.8. The maximum absolute atomic E-state index is 12.2. The summed E-state index contributed by atoms with van der Waals surface area (Å²) >= 11 is 0. The van der Waals surface area contributed by atoms with Crippen molar-refractivity contribution in [2.45, 2.75) is 63.9 Å². The standard InChI is InChI=1S/C16H27NO4/c18-15(8-4-7-13-5-2-1-3-6-13)17-9-10-21-14(12-17)11-16(19)20/h13-14H,1-12H2,(H,19,20). The topological polar surface area (TPSA) is 66.8 Å². The minimum atomic E-state index is -0.869. The summed E-state index contributed by atoms with van der Waals surface area (Å²) in [5.41, 5.74) is 0. The van der Waals surface area contributed by atoms with Gasteiger partial charge in [0.05, 0.1) is 19.1 Å². The lowest BCUT2D eigenvalue weighted by molar-refractivity contribution is -0.147. The van der Waals surface area contributed by atoms with Crippen LogP contribution in [0.15, 0.2) is 0 Å². The van der Waals surface area contributed by atoms with Gasteiger partial charge in [-0.3, -0.25) is 9.59 Å². The summed E-state index contributed by atoms with van der Waals surface area (Å²) in [6.07, 6.45) is 9.06. The molecule has 1 saturated heterocycles. The number of amides is 1.